The maximum absolute atomic E-state index is 7.62. The second-order valence-corrected chi connectivity index (χ2v) is 7.10. The van der Waals surface area contributed by atoms with Gasteiger partial charge in [-0.3, -0.25) is 0 Å². The van der Waals surface area contributed by atoms with Gasteiger partial charge in [-0.25, -0.2) is 4.85 Å². The Bertz CT molecular complexity index is 1250. The van der Waals surface area contributed by atoms with Gasteiger partial charge in [-0.1, -0.05) is 30.3 Å². The number of para-hydroxylation sites is 2. The molecule has 0 unspecified atom stereocenters. The van der Waals surface area contributed by atoms with Crippen LogP contribution < -0.4 is 9.80 Å². The molecule has 3 aromatic carbocycles. The molecule has 1 aliphatic heterocycles. The molecule has 1 atom stereocenters. The van der Waals surface area contributed by atoms with E-state index in [0.29, 0.717) is 5.69 Å². The van der Waals surface area contributed by atoms with Crippen molar-refractivity contribution in [3.05, 3.63) is 71.6 Å². The number of fused-ring (bicyclic) bond motifs is 4. The van der Waals surface area contributed by atoms with Gasteiger partial charge < -0.3 is 14.2 Å². The summed E-state index contributed by atoms with van der Waals surface area (Å²) in [4.78, 5) is 8.24. The first kappa shape index (κ1) is 15.8. The summed E-state index contributed by atoms with van der Waals surface area (Å²) in [5.41, 5.74) is 6.75. The van der Waals surface area contributed by atoms with E-state index in [1.54, 1.807) is 0 Å². The zero-order valence-corrected chi connectivity index (χ0v) is 15.5. The van der Waals surface area contributed by atoms with Gasteiger partial charge in [0.2, 0.25) is 5.69 Å². The lowest BCUT2D eigenvalue weighted by Crippen LogP contribution is -2.35. The zero-order chi connectivity index (χ0) is 18.7. The molecular formula is C23H19N3O. The fourth-order valence-electron chi connectivity index (χ4n) is 4.15. The molecule has 2 heterocycles. The molecule has 0 aliphatic carbocycles. The van der Waals surface area contributed by atoms with Crippen LogP contribution in [0.1, 0.15) is 12.5 Å². The van der Waals surface area contributed by atoms with Gasteiger partial charge in [-0.2, -0.15) is 0 Å². The van der Waals surface area contributed by atoms with Gasteiger partial charge >= 0.3 is 0 Å². The number of hydrogen-bond donors (Lipinski definition) is 0. The highest BCUT2D eigenvalue weighted by atomic mass is 16.3. The minimum absolute atomic E-state index is 0.114. The summed E-state index contributed by atoms with van der Waals surface area (Å²) in [6.07, 6.45) is 0.114. The lowest BCUT2D eigenvalue weighted by molar-refractivity contribution is 0.668. The third-order valence-electron chi connectivity index (χ3n) is 5.62. The van der Waals surface area contributed by atoms with Crippen molar-refractivity contribution >= 4 is 44.7 Å². The topological polar surface area (TPSA) is 24.0 Å². The van der Waals surface area contributed by atoms with Gasteiger partial charge in [0.05, 0.1) is 17.9 Å². The molecule has 0 spiro atoms. The highest BCUT2D eigenvalue weighted by Crippen LogP contribution is 2.50. The molecule has 0 amide bonds. The molecule has 4 heteroatoms. The van der Waals surface area contributed by atoms with E-state index < -0.39 is 0 Å². The second kappa shape index (κ2) is 5.52. The molecule has 27 heavy (non-hydrogen) atoms. The van der Waals surface area contributed by atoms with Gasteiger partial charge in [0.25, 0.3) is 0 Å². The Kier molecular flexibility index (Phi) is 3.23. The van der Waals surface area contributed by atoms with Crippen molar-refractivity contribution in [3.63, 3.8) is 0 Å². The van der Waals surface area contributed by atoms with Crippen LogP contribution in [0.3, 0.4) is 0 Å². The van der Waals surface area contributed by atoms with E-state index >= 15 is 0 Å². The minimum atomic E-state index is 0.114. The maximum Gasteiger partial charge on any atom is 0.212 e. The Morgan fingerprint density at radius 1 is 0.963 bits per heavy atom. The van der Waals surface area contributed by atoms with Crippen LogP contribution in [0.15, 0.2) is 59.0 Å². The average Bonchev–Trinajstić information content (AvgIpc) is 3.16. The SMILES string of the molecule is [C-]#[N+]c1cccc2c1N(c1cc3oc4ccccc4c3cc1C)[C@@H](C)N2C. The first-order valence-corrected chi connectivity index (χ1v) is 9.04. The van der Waals surface area contributed by atoms with Crippen LogP contribution in [-0.4, -0.2) is 13.2 Å². The number of benzene rings is 3. The molecule has 0 radical (unpaired) electrons. The summed E-state index contributed by atoms with van der Waals surface area (Å²) in [6.45, 7) is 11.9. The van der Waals surface area contributed by atoms with Gasteiger partial charge in [0, 0.05) is 29.6 Å². The maximum atomic E-state index is 7.62. The monoisotopic (exact) mass is 353 g/mol. The van der Waals surface area contributed by atoms with Crippen molar-refractivity contribution in [2.45, 2.75) is 20.0 Å². The van der Waals surface area contributed by atoms with Gasteiger partial charge in [-0.05, 0) is 37.6 Å². The molecule has 0 fully saturated rings. The van der Waals surface area contributed by atoms with E-state index in [9.17, 15) is 0 Å². The molecule has 1 aromatic heterocycles. The molecule has 4 nitrogen and oxygen atoms in total. The Balaban J connectivity index is 1.78. The first-order valence-electron chi connectivity index (χ1n) is 9.04. The van der Waals surface area contributed by atoms with Crippen LogP contribution in [0, 0.1) is 13.5 Å². The largest absolute Gasteiger partial charge is 0.456 e. The van der Waals surface area contributed by atoms with E-state index in [-0.39, 0.29) is 6.17 Å². The lowest BCUT2D eigenvalue weighted by Gasteiger charge is -2.29. The fraction of sp³-hybridized carbons (Fsp3) is 0.174. The Hall–Kier alpha value is -3.45. The van der Waals surface area contributed by atoms with E-state index in [0.717, 1.165) is 39.0 Å². The summed E-state index contributed by atoms with van der Waals surface area (Å²) < 4.78 is 6.11. The van der Waals surface area contributed by atoms with Crippen molar-refractivity contribution in [3.8, 4) is 0 Å². The Labute approximate surface area is 158 Å². The normalized spacial score (nSPS) is 16.1. The highest BCUT2D eigenvalue weighted by molar-refractivity contribution is 6.07. The van der Waals surface area contributed by atoms with Gasteiger partial charge in [0.15, 0.2) is 0 Å². The van der Waals surface area contributed by atoms with E-state index in [4.69, 9.17) is 11.0 Å². The third kappa shape index (κ3) is 2.09. The number of furan rings is 1. The fourth-order valence-corrected chi connectivity index (χ4v) is 4.15. The molecule has 0 saturated heterocycles. The summed E-state index contributed by atoms with van der Waals surface area (Å²) >= 11 is 0. The predicted molar refractivity (Wildman–Crippen MR) is 111 cm³/mol. The quantitative estimate of drug-likeness (QED) is 0.371. The van der Waals surface area contributed by atoms with Crippen LogP contribution in [0.4, 0.5) is 22.7 Å². The summed E-state index contributed by atoms with van der Waals surface area (Å²) in [7, 11) is 2.08. The molecule has 1 aliphatic rings. The highest BCUT2D eigenvalue weighted by Gasteiger charge is 2.34. The van der Waals surface area contributed by atoms with E-state index in [2.05, 4.69) is 59.8 Å². The van der Waals surface area contributed by atoms with Crippen molar-refractivity contribution in [2.24, 2.45) is 0 Å². The number of aryl methyl sites for hydroxylation is 1. The third-order valence-corrected chi connectivity index (χ3v) is 5.62. The van der Waals surface area contributed by atoms with Crippen LogP contribution in [0.5, 0.6) is 0 Å². The second-order valence-electron chi connectivity index (χ2n) is 7.10. The summed E-state index contributed by atoms with van der Waals surface area (Å²) in [5.74, 6) is 0. The Morgan fingerprint density at radius 3 is 2.59 bits per heavy atom. The number of hydrogen-bond acceptors (Lipinski definition) is 3. The molecule has 132 valence electrons. The number of nitrogens with zero attached hydrogens (tertiary/aromatic N) is 3. The first-order chi connectivity index (χ1) is 13.1. The van der Waals surface area contributed by atoms with E-state index in [1.807, 2.05) is 30.3 Å². The predicted octanol–water partition coefficient (Wildman–Crippen LogP) is 6.38. The van der Waals surface area contributed by atoms with Crippen molar-refractivity contribution < 1.29 is 4.42 Å². The average molecular weight is 353 g/mol. The molecule has 0 N–H and O–H groups in total. The number of rotatable bonds is 1. The van der Waals surface area contributed by atoms with Crippen molar-refractivity contribution in [1.82, 2.24) is 0 Å². The molecule has 5 rings (SSSR count). The number of anilines is 3. The molecule has 0 bridgehead atoms. The Morgan fingerprint density at radius 2 is 1.78 bits per heavy atom. The van der Waals surface area contributed by atoms with Crippen molar-refractivity contribution in [2.75, 3.05) is 16.8 Å². The van der Waals surface area contributed by atoms with Gasteiger partial charge in [-0.15, -0.1) is 0 Å². The summed E-state index contributed by atoms with van der Waals surface area (Å²) in [5, 5.41) is 2.27. The zero-order valence-electron chi connectivity index (χ0n) is 15.5. The van der Waals surface area contributed by atoms with Crippen LogP contribution in [0.25, 0.3) is 26.8 Å². The van der Waals surface area contributed by atoms with Crippen LogP contribution in [-0.2, 0) is 0 Å². The molecule has 0 saturated carbocycles. The molecular weight excluding hydrogens is 334 g/mol. The smallest absolute Gasteiger partial charge is 0.212 e. The summed E-state index contributed by atoms with van der Waals surface area (Å²) in [6, 6.07) is 18.4. The van der Waals surface area contributed by atoms with Crippen molar-refractivity contribution in [1.29, 1.82) is 0 Å². The van der Waals surface area contributed by atoms with Crippen LogP contribution >= 0.6 is 0 Å². The van der Waals surface area contributed by atoms with Gasteiger partial charge in [0.1, 0.15) is 17.3 Å². The minimum Gasteiger partial charge on any atom is -0.456 e. The lowest BCUT2D eigenvalue weighted by atomic mass is 10.1. The molecule has 4 aromatic rings. The van der Waals surface area contributed by atoms with Crippen LogP contribution in [0.2, 0.25) is 0 Å². The van der Waals surface area contributed by atoms with E-state index in [1.165, 1.54) is 5.56 Å². The standard InChI is InChI=1S/C23H19N3O/c1-14-12-17-16-8-5-6-11-21(16)27-22(17)13-20(14)26-15(2)25(4)19-10-7-9-18(24-3)23(19)26/h5-13,15H,1-2,4H3/t15-/m0/s1.